The summed E-state index contributed by atoms with van der Waals surface area (Å²) in [6.45, 7) is 6.63. The van der Waals surface area contributed by atoms with Gasteiger partial charge in [-0.3, -0.25) is 4.79 Å². The number of carbonyl (C=O) groups is 3. The summed E-state index contributed by atoms with van der Waals surface area (Å²) in [6, 6.07) is 0. The van der Waals surface area contributed by atoms with Gasteiger partial charge in [0.15, 0.2) is 17.8 Å². The Morgan fingerprint density at radius 1 is 0.935 bits per heavy atom. The molecule has 0 bridgehead atoms. The maximum atomic E-state index is 13.4. The fraction of sp³-hybridized carbons (Fsp3) is 0.850. The molecule has 6 fully saturated rings. The van der Waals surface area contributed by atoms with Gasteiger partial charge < -0.3 is 39.4 Å². The first-order valence-corrected chi connectivity index (χ1v) is 10.3. The molecule has 12 atom stereocenters. The SMILES string of the molecule is C[C@@H]1C(=O)O[C@H]2[C@H](O)[C@]34[C@@H]5OC(=O)[C@]3(O[C@H]3OC(=O)[C@H](O)[C@@]34[C@H](C(C)(C)C)[C@H]5O)[C@@]12O. The number of hydrogen-bond acceptors (Lipinski definition) is 11. The van der Waals surface area contributed by atoms with Gasteiger partial charge in [-0.25, -0.2) is 9.59 Å². The smallest absolute Gasteiger partial charge is 0.343 e. The zero-order chi connectivity index (χ0) is 22.7. The second-order valence-corrected chi connectivity index (χ2v) is 10.8. The molecule has 4 heterocycles. The van der Waals surface area contributed by atoms with Crippen molar-refractivity contribution in [3.63, 3.8) is 0 Å². The maximum Gasteiger partial charge on any atom is 0.343 e. The van der Waals surface area contributed by atoms with Crippen molar-refractivity contribution in [1.29, 1.82) is 0 Å². The fourth-order valence-electron chi connectivity index (χ4n) is 8.27. The van der Waals surface area contributed by atoms with E-state index in [-0.39, 0.29) is 0 Å². The molecule has 11 nitrogen and oxygen atoms in total. The Labute approximate surface area is 176 Å². The van der Waals surface area contributed by atoms with E-state index in [1.165, 1.54) is 6.92 Å². The van der Waals surface area contributed by atoms with Gasteiger partial charge in [-0.15, -0.1) is 0 Å². The molecule has 4 saturated heterocycles. The number of esters is 3. The van der Waals surface area contributed by atoms with E-state index in [0.717, 1.165) is 0 Å². The van der Waals surface area contributed by atoms with E-state index in [0.29, 0.717) is 0 Å². The lowest BCUT2D eigenvalue weighted by molar-refractivity contribution is -0.240. The maximum absolute atomic E-state index is 13.4. The molecule has 31 heavy (non-hydrogen) atoms. The Morgan fingerprint density at radius 2 is 1.58 bits per heavy atom. The van der Waals surface area contributed by atoms with Gasteiger partial charge in [-0.1, -0.05) is 20.8 Å². The van der Waals surface area contributed by atoms with E-state index in [1.807, 2.05) is 0 Å². The van der Waals surface area contributed by atoms with E-state index in [9.17, 15) is 34.8 Å². The molecular formula is C20H24O11. The van der Waals surface area contributed by atoms with Crippen LogP contribution in [0, 0.1) is 28.1 Å². The van der Waals surface area contributed by atoms with E-state index < -0.39 is 94.0 Å². The normalized spacial score (nSPS) is 61.0. The second kappa shape index (κ2) is 4.91. The molecule has 11 heteroatoms. The van der Waals surface area contributed by atoms with Gasteiger partial charge in [0.1, 0.15) is 12.2 Å². The number of aliphatic hydroxyl groups is 4. The molecule has 0 aromatic heterocycles. The summed E-state index contributed by atoms with van der Waals surface area (Å²) in [6.07, 6.45) is -9.69. The highest BCUT2D eigenvalue weighted by atomic mass is 16.8. The molecule has 170 valence electrons. The minimum atomic E-state index is -2.40. The summed E-state index contributed by atoms with van der Waals surface area (Å²) in [7, 11) is 0. The number of ether oxygens (including phenoxy) is 4. The van der Waals surface area contributed by atoms with Gasteiger partial charge in [0.2, 0.25) is 11.9 Å². The van der Waals surface area contributed by atoms with Crippen LogP contribution in [0.25, 0.3) is 0 Å². The number of fused-ring (bicyclic) bond motifs is 1. The third-order valence-corrected chi connectivity index (χ3v) is 8.95. The van der Waals surface area contributed by atoms with Gasteiger partial charge in [0.05, 0.1) is 22.9 Å². The number of hydrogen-bond donors (Lipinski definition) is 4. The molecule has 0 radical (unpaired) electrons. The van der Waals surface area contributed by atoms with Gasteiger partial charge in [0.25, 0.3) is 0 Å². The highest BCUT2D eigenvalue weighted by molar-refractivity contribution is 5.94. The monoisotopic (exact) mass is 440 g/mol. The summed E-state index contributed by atoms with van der Waals surface area (Å²) in [5.41, 5.74) is -9.40. The van der Waals surface area contributed by atoms with Crippen molar-refractivity contribution in [1.82, 2.24) is 0 Å². The van der Waals surface area contributed by atoms with Crippen molar-refractivity contribution < 1.29 is 53.8 Å². The van der Waals surface area contributed by atoms with Crippen molar-refractivity contribution in [3.05, 3.63) is 0 Å². The predicted molar refractivity (Wildman–Crippen MR) is 93.4 cm³/mol. The van der Waals surface area contributed by atoms with Crippen LogP contribution in [0.4, 0.5) is 0 Å². The molecular weight excluding hydrogens is 416 g/mol. The van der Waals surface area contributed by atoms with Crippen molar-refractivity contribution in [3.8, 4) is 0 Å². The van der Waals surface area contributed by atoms with Gasteiger partial charge in [-0.2, -0.15) is 0 Å². The molecule has 4 N–H and O–H groups in total. The Balaban J connectivity index is 1.75. The van der Waals surface area contributed by atoms with Crippen LogP contribution >= 0.6 is 0 Å². The van der Waals surface area contributed by atoms with Crippen LogP contribution < -0.4 is 0 Å². The lowest BCUT2D eigenvalue weighted by atomic mass is 9.51. The lowest BCUT2D eigenvalue weighted by Gasteiger charge is -2.47. The Hall–Kier alpha value is -1.79. The number of carbonyl (C=O) groups excluding carboxylic acids is 3. The van der Waals surface area contributed by atoms with Crippen LogP contribution in [0.15, 0.2) is 0 Å². The predicted octanol–water partition coefficient (Wildman–Crippen LogP) is -2.40. The Morgan fingerprint density at radius 3 is 2.19 bits per heavy atom. The highest BCUT2D eigenvalue weighted by Gasteiger charge is 3.05. The van der Waals surface area contributed by atoms with Crippen molar-refractivity contribution in [2.75, 3.05) is 0 Å². The summed E-state index contributed by atoms with van der Waals surface area (Å²) in [4.78, 5) is 38.3. The Kier molecular flexibility index (Phi) is 3.15. The van der Waals surface area contributed by atoms with E-state index in [2.05, 4.69) is 0 Å². The van der Waals surface area contributed by atoms with Crippen LogP contribution in [-0.2, 0) is 33.3 Å². The van der Waals surface area contributed by atoms with Crippen LogP contribution in [-0.4, -0.2) is 86.3 Å². The van der Waals surface area contributed by atoms with Gasteiger partial charge in [-0.05, 0) is 12.3 Å². The third-order valence-electron chi connectivity index (χ3n) is 8.95. The fourth-order valence-corrected chi connectivity index (χ4v) is 8.27. The first-order chi connectivity index (χ1) is 14.3. The highest BCUT2D eigenvalue weighted by Crippen LogP contribution is 2.84. The molecule has 0 aromatic carbocycles. The van der Waals surface area contributed by atoms with Gasteiger partial charge in [0, 0.05) is 5.92 Å². The van der Waals surface area contributed by atoms with Crippen LogP contribution in [0.3, 0.4) is 0 Å². The minimum absolute atomic E-state index is 0.792. The molecule has 2 saturated carbocycles. The molecule has 0 amide bonds. The van der Waals surface area contributed by atoms with Crippen LogP contribution in [0.5, 0.6) is 0 Å². The quantitative estimate of drug-likeness (QED) is 0.234. The summed E-state index contributed by atoms with van der Waals surface area (Å²) < 4.78 is 22.2. The minimum Gasteiger partial charge on any atom is -0.456 e. The molecule has 2 aliphatic carbocycles. The second-order valence-electron chi connectivity index (χ2n) is 10.8. The van der Waals surface area contributed by atoms with Crippen LogP contribution in [0.2, 0.25) is 0 Å². The van der Waals surface area contributed by atoms with E-state index in [4.69, 9.17) is 18.9 Å². The zero-order valence-corrected chi connectivity index (χ0v) is 17.3. The van der Waals surface area contributed by atoms with E-state index >= 15 is 0 Å². The number of aliphatic hydroxyl groups excluding tert-OH is 3. The Bertz CT molecular complexity index is 957. The average molecular weight is 440 g/mol. The molecule has 0 unspecified atom stereocenters. The zero-order valence-electron chi connectivity index (χ0n) is 17.3. The average Bonchev–Trinajstić information content (AvgIpc) is 3.35. The molecule has 6 aliphatic rings. The first-order valence-electron chi connectivity index (χ1n) is 10.3. The summed E-state index contributed by atoms with van der Waals surface area (Å²) in [5, 5.41) is 46.1. The van der Waals surface area contributed by atoms with Crippen molar-refractivity contribution in [2.45, 2.75) is 75.7 Å². The lowest BCUT2D eigenvalue weighted by Crippen LogP contribution is -2.67. The van der Waals surface area contributed by atoms with Crippen LogP contribution in [0.1, 0.15) is 27.7 Å². The first kappa shape index (κ1) is 19.9. The number of rotatable bonds is 0. The summed E-state index contributed by atoms with van der Waals surface area (Å²) in [5.74, 6) is -5.22. The van der Waals surface area contributed by atoms with Crippen molar-refractivity contribution in [2.24, 2.45) is 28.1 Å². The largest absolute Gasteiger partial charge is 0.456 e. The molecule has 4 aliphatic heterocycles. The third kappa shape index (κ3) is 1.43. The topological polar surface area (TPSA) is 169 Å². The molecule has 2 spiro atoms. The van der Waals surface area contributed by atoms with Gasteiger partial charge >= 0.3 is 17.9 Å². The standard InChI is InChI=1S/C20H24O11/c1-5-12(24)28-11-8(22)18-10-6(21)7(16(2,3)4)17(18)9(23)13(25)30-15(17)31-20(18,14(26)29-10)19(5,11)27/h5-11,15,21-23,27H,1-4H3/t5-,6-,7+,8+,9+,10-,11+,15-,17+,18-,19-,20-/m1/s1. The van der Waals surface area contributed by atoms with Crippen molar-refractivity contribution >= 4 is 17.9 Å². The molecule has 0 aromatic rings. The summed E-state index contributed by atoms with van der Waals surface area (Å²) >= 11 is 0. The van der Waals surface area contributed by atoms with E-state index in [1.54, 1.807) is 20.8 Å². The molecule has 6 rings (SSSR count).